The maximum Gasteiger partial charge on any atom is 0.573 e. The number of hydrogen-bond acceptors (Lipinski definition) is 1. The molecule has 2 aromatic carbocycles. The maximum atomic E-state index is 13.9. The molecular weight excluding hydrogens is 411 g/mol. The van der Waals surface area contributed by atoms with Crippen molar-refractivity contribution in [2.24, 2.45) is 11.8 Å². The van der Waals surface area contributed by atoms with Gasteiger partial charge in [0.05, 0.1) is 6.67 Å². The van der Waals surface area contributed by atoms with Crippen LogP contribution in [0, 0.1) is 17.7 Å². The van der Waals surface area contributed by atoms with E-state index in [-0.39, 0.29) is 6.67 Å². The van der Waals surface area contributed by atoms with Crippen LogP contribution in [0.2, 0.25) is 0 Å². The molecular formula is C25H27F5O. The molecule has 0 unspecified atom stereocenters. The Labute approximate surface area is 179 Å². The van der Waals surface area contributed by atoms with Crippen LogP contribution in [0.1, 0.15) is 44.1 Å². The summed E-state index contributed by atoms with van der Waals surface area (Å²) < 4.78 is 66.6. The average molecular weight is 438 g/mol. The normalized spacial score (nSPS) is 19.6. The number of rotatable bonds is 8. The SMILES string of the molecule is FCCC=C[C@H]1CC[C@H](CCc2ccc(-c3ccc(OC(F)(F)F)c(F)c3)cc2)CC1. The molecule has 1 aliphatic carbocycles. The van der Waals surface area contributed by atoms with Crippen LogP contribution in [-0.4, -0.2) is 13.0 Å². The van der Waals surface area contributed by atoms with Gasteiger partial charge >= 0.3 is 6.36 Å². The van der Waals surface area contributed by atoms with E-state index in [1.807, 2.05) is 30.3 Å². The van der Waals surface area contributed by atoms with Crippen LogP contribution >= 0.6 is 0 Å². The van der Waals surface area contributed by atoms with Crippen LogP contribution in [-0.2, 0) is 6.42 Å². The number of hydrogen-bond donors (Lipinski definition) is 0. The monoisotopic (exact) mass is 438 g/mol. The Kier molecular flexibility index (Phi) is 8.10. The van der Waals surface area contributed by atoms with Crippen molar-refractivity contribution in [1.82, 2.24) is 0 Å². The fourth-order valence-electron chi connectivity index (χ4n) is 4.14. The van der Waals surface area contributed by atoms with E-state index in [9.17, 15) is 22.0 Å². The lowest BCUT2D eigenvalue weighted by Gasteiger charge is -2.26. The zero-order valence-electron chi connectivity index (χ0n) is 17.3. The zero-order chi connectivity index (χ0) is 22.3. The molecule has 0 spiro atoms. The van der Waals surface area contributed by atoms with Crippen LogP contribution in [0.15, 0.2) is 54.6 Å². The van der Waals surface area contributed by atoms with Crippen LogP contribution in [0.4, 0.5) is 22.0 Å². The third-order valence-electron chi connectivity index (χ3n) is 5.86. The van der Waals surface area contributed by atoms with Gasteiger partial charge in [0.15, 0.2) is 11.6 Å². The lowest BCUT2D eigenvalue weighted by molar-refractivity contribution is -0.275. The summed E-state index contributed by atoms with van der Waals surface area (Å²) in [5, 5.41) is 0. The molecule has 0 bridgehead atoms. The molecule has 1 aliphatic rings. The van der Waals surface area contributed by atoms with Gasteiger partial charge in [0.1, 0.15) is 0 Å². The Morgan fingerprint density at radius 3 is 2.23 bits per heavy atom. The van der Waals surface area contributed by atoms with Crippen molar-refractivity contribution in [3.63, 3.8) is 0 Å². The Balaban J connectivity index is 1.50. The highest BCUT2D eigenvalue weighted by atomic mass is 19.4. The molecule has 0 aliphatic heterocycles. The molecule has 0 N–H and O–H groups in total. The second kappa shape index (κ2) is 10.8. The minimum atomic E-state index is -4.92. The highest BCUT2D eigenvalue weighted by Gasteiger charge is 2.32. The van der Waals surface area contributed by atoms with Gasteiger partial charge in [0, 0.05) is 0 Å². The number of ether oxygens (including phenoxy) is 1. The predicted molar refractivity (Wildman–Crippen MR) is 112 cm³/mol. The standard InChI is InChI=1S/C25H27F5O/c26-16-2-1-3-18-4-6-19(7-5-18)8-9-20-10-12-21(13-11-20)22-14-15-24(23(27)17-22)31-25(28,29)30/h1,3,10-15,17-19H,2,4-9,16H2/t18-,19-. The zero-order valence-corrected chi connectivity index (χ0v) is 17.3. The molecule has 2 aromatic rings. The lowest BCUT2D eigenvalue weighted by atomic mass is 9.79. The number of alkyl halides is 4. The van der Waals surface area contributed by atoms with Gasteiger partial charge < -0.3 is 4.74 Å². The average Bonchev–Trinajstić information content (AvgIpc) is 2.74. The molecule has 0 atom stereocenters. The highest BCUT2D eigenvalue weighted by molar-refractivity contribution is 5.64. The largest absolute Gasteiger partial charge is 0.573 e. The molecule has 6 heteroatoms. The topological polar surface area (TPSA) is 9.23 Å². The molecule has 1 saturated carbocycles. The molecule has 0 aromatic heterocycles. The van der Waals surface area contributed by atoms with Gasteiger partial charge in [0.25, 0.3) is 0 Å². The quantitative estimate of drug-likeness (QED) is 0.299. The smallest absolute Gasteiger partial charge is 0.403 e. The van der Waals surface area contributed by atoms with Crippen molar-refractivity contribution in [3.8, 4) is 16.9 Å². The van der Waals surface area contributed by atoms with Crippen LogP contribution in [0.25, 0.3) is 11.1 Å². The van der Waals surface area contributed by atoms with Crippen molar-refractivity contribution in [2.45, 2.75) is 51.3 Å². The lowest BCUT2D eigenvalue weighted by Crippen LogP contribution is -2.17. The molecule has 0 amide bonds. The Morgan fingerprint density at radius 1 is 0.935 bits per heavy atom. The van der Waals surface area contributed by atoms with E-state index in [2.05, 4.69) is 10.8 Å². The summed E-state index contributed by atoms with van der Waals surface area (Å²) in [5.41, 5.74) is 2.42. The molecule has 0 radical (unpaired) electrons. The van der Waals surface area contributed by atoms with E-state index in [0.29, 0.717) is 23.8 Å². The third-order valence-corrected chi connectivity index (χ3v) is 5.86. The van der Waals surface area contributed by atoms with Gasteiger partial charge in [-0.15, -0.1) is 13.2 Å². The van der Waals surface area contributed by atoms with Gasteiger partial charge in [-0.2, -0.15) is 0 Å². The number of aryl methyl sites for hydroxylation is 1. The highest BCUT2D eigenvalue weighted by Crippen LogP contribution is 2.33. The Bertz CT molecular complexity index is 849. The summed E-state index contributed by atoms with van der Waals surface area (Å²) in [6, 6.07) is 11.2. The van der Waals surface area contributed by atoms with Crippen LogP contribution in [0.5, 0.6) is 5.75 Å². The first-order chi connectivity index (χ1) is 14.8. The summed E-state index contributed by atoms with van der Waals surface area (Å²) in [6.45, 7) is -0.294. The number of halogens is 5. The molecule has 31 heavy (non-hydrogen) atoms. The summed E-state index contributed by atoms with van der Waals surface area (Å²) in [4.78, 5) is 0. The van der Waals surface area contributed by atoms with E-state index in [4.69, 9.17) is 0 Å². The molecule has 1 fully saturated rings. The van der Waals surface area contributed by atoms with Gasteiger partial charge in [-0.3, -0.25) is 4.39 Å². The Hall–Kier alpha value is -2.37. The van der Waals surface area contributed by atoms with Crippen molar-refractivity contribution < 1.29 is 26.7 Å². The molecule has 1 nitrogen and oxygen atoms in total. The minimum Gasteiger partial charge on any atom is -0.403 e. The fourth-order valence-corrected chi connectivity index (χ4v) is 4.14. The molecule has 3 rings (SSSR count). The second-order valence-corrected chi connectivity index (χ2v) is 8.12. The summed E-state index contributed by atoms with van der Waals surface area (Å²) in [6.07, 6.45) is 6.47. The number of allylic oxidation sites excluding steroid dienone is 2. The van der Waals surface area contributed by atoms with Crippen molar-refractivity contribution in [3.05, 3.63) is 66.0 Å². The first-order valence-electron chi connectivity index (χ1n) is 10.7. The van der Waals surface area contributed by atoms with Crippen LogP contribution < -0.4 is 4.74 Å². The Morgan fingerprint density at radius 2 is 1.61 bits per heavy atom. The van der Waals surface area contributed by atoms with E-state index < -0.39 is 17.9 Å². The first kappa shape index (κ1) is 23.3. The fraction of sp³-hybridized carbons (Fsp3) is 0.440. The van der Waals surface area contributed by atoms with Crippen molar-refractivity contribution in [2.75, 3.05) is 6.67 Å². The minimum absolute atomic E-state index is 0.294. The number of benzene rings is 2. The summed E-state index contributed by atoms with van der Waals surface area (Å²) in [5.74, 6) is -0.606. The predicted octanol–water partition coefficient (Wildman–Crippen LogP) is 8.05. The van der Waals surface area contributed by atoms with Gasteiger partial charge in [-0.05, 0) is 85.6 Å². The van der Waals surface area contributed by atoms with E-state index in [0.717, 1.165) is 43.4 Å². The molecule has 0 heterocycles. The summed E-state index contributed by atoms with van der Waals surface area (Å²) >= 11 is 0. The molecule has 0 saturated heterocycles. The van der Waals surface area contributed by atoms with Crippen molar-refractivity contribution >= 4 is 0 Å². The first-order valence-corrected chi connectivity index (χ1v) is 10.7. The van der Waals surface area contributed by atoms with Gasteiger partial charge in [-0.25, -0.2) is 4.39 Å². The van der Waals surface area contributed by atoms with E-state index in [1.54, 1.807) is 0 Å². The third kappa shape index (κ3) is 7.37. The molecule has 168 valence electrons. The summed E-state index contributed by atoms with van der Waals surface area (Å²) in [7, 11) is 0. The van der Waals surface area contributed by atoms with Gasteiger partial charge in [-0.1, -0.05) is 42.5 Å². The van der Waals surface area contributed by atoms with Gasteiger partial charge in [0.2, 0.25) is 0 Å². The van der Waals surface area contributed by atoms with Crippen molar-refractivity contribution in [1.29, 1.82) is 0 Å². The van der Waals surface area contributed by atoms with E-state index >= 15 is 0 Å². The van der Waals surface area contributed by atoms with E-state index in [1.165, 1.54) is 24.5 Å². The second-order valence-electron chi connectivity index (χ2n) is 8.12. The van der Waals surface area contributed by atoms with Crippen LogP contribution in [0.3, 0.4) is 0 Å². The maximum absolute atomic E-state index is 13.9.